The molecule has 4 heteroatoms. The Morgan fingerprint density at radius 3 is 2.00 bits per heavy atom. The molecule has 21 heavy (non-hydrogen) atoms. The Hall–Kier alpha value is -0.480. The summed E-state index contributed by atoms with van der Waals surface area (Å²) in [6.07, 6.45) is 7.37. The van der Waals surface area contributed by atoms with Crippen molar-refractivity contribution in [3.05, 3.63) is 17.5 Å². The molecule has 2 aliphatic rings. The van der Waals surface area contributed by atoms with Crippen LogP contribution >= 0.6 is 11.9 Å². The van der Waals surface area contributed by atoms with Crippen LogP contribution in [-0.2, 0) is 0 Å². The molecule has 0 amide bonds. The molecule has 1 aromatic heterocycles. The molecule has 0 bridgehead atoms. The van der Waals surface area contributed by atoms with Crippen LogP contribution in [0.15, 0.2) is 6.20 Å². The lowest BCUT2D eigenvalue weighted by molar-refractivity contribution is 0.272. The third-order valence-corrected chi connectivity index (χ3v) is 5.31. The van der Waals surface area contributed by atoms with Crippen LogP contribution in [-0.4, -0.2) is 32.4 Å². The molecule has 1 saturated carbocycles. The van der Waals surface area contributed by atoms with Gasteiger partial charge in [-0.2, -0.15) is 5.10 Å². The van der Waals surface area contributed by atoms with Crippen molar-refractivity contribution >= 4 is 11.9 Å². The van der Waals surface area contributed by atoms with E-state index in [-0.39, 0.29) is 0 Å². The Morgan fingerprint density at radius 2 is 1.57 bits per heavy atom. The molecule has 1 saturated heterocycles. The van der Waals surface area contributed by atoms with Gasteiger partial charge in [0.2, 0.25) is 0 Å². The number of aromatic nitrogens is 2. The summed E-state index contributed by atoms with van der Waals surface area (Å²) in [5, 5.41) is 5.47. The van der Waals surface area contributed by atoms with Gasteiger partial charge in [-0.3, -0.25) is 8.99 Å². The Labute approximate surface area is 135 Å². The summed E-state index contributed by atoms with van der Waals surface area (Å²) in [4.78, 5) is 0. The minimum atomic E-state index is 0.625. The minimum absolute atomic E-state index is 0.625. The third-order valence-electron chi connectivity index (χ3n) is 3.88. The number of aryl methyl sites for hydroxylation is 1. The molecule has 122 valence electrons. The van der Waals surface area contributed by atoms with E-state index in [1.165, 1.54) is 50.0 Å². The van der Waals surface area contributed by atoms with E-state index in [1.807, 2.05) is 33.9 Å². The van der Waals surface area contributed by atoms with Gasteiger partial charge in [0.05, 0.1) is 12.2 Å². The van der Waals surface area contributed by atoms with Gasteiger partial charge in [-0.25, -0.2) is 0 Å². The first kappa shape index (κ1) is 18.6. The number of hydrogen-bond acceptors (Lipinski definition) is 3. The fraction of sp³-hybridized carbons (Fsp3) is 0.824. The summed E-state index contributed by atoms with van der Waals surface area (Å²) in [6.45, 7) is 14.8. The van der Waals surface area contributed by atoms with E-state index in [2.05, 4.69) is 39.9 Å². The molecule has 0 spiro atoms. The maximum atomic E-state index is 4.53. The summed E-state index contributed by atoms with van der Waals surface area (Å²) in [5.74, 6) is 0. The maximum absolute atomic E-state index is 4.53. The van der Waals surface area contributed by atoms with Gasteiger partial charge in [-0.05, 0) is 45.1 Å². The van der Waals surface area contributed by atoms with Crippen LogP contribution in [0.25, 0.3) is 0 Å². The zero-order valence-electron chi connectivity index (χ0n) is 14.7. The minimum Gasteiger partial charge on any atom is -0.266 e. The van der Waals surface area contributed by atoms with Gasteiger partial charge in [0, 0.05) is 24.0 Å². The second-order valence-corrected chi connectivity index (χ2v) is 6.72. The van der Waals surface area contributed by atoms with Gasteiger partial charge in [-0.1, -0.05) is 39.6 Å². The quantitative estimate of drug-likeness (QED) is 0.733. The van der Waals surface area contributed by atoms with Gasteiger partial charge in [-0.15, -0.1) is 0 Å². The van der Waals surface area contributed by atoms with Gasteiger partial charge in [0.1, 0.15) is 0 Å². The van der Waals surface area contributed by atoms with Crippen LogP contribution in [0.1, 0.15) is 70.7 Å². The lowest BCUT2D eigenvalue weighted by atomic mass is 10.1. The van der Waals surface area contributed by atoms with Crippen molar-refractivity contribution < 1.29 is 0 Å². The summed E-state index contributed by atoms with van der Waals surface area (Å²) >= 11 is 2.10. The van der Waals surface area contributed by atoms with Crippen molar-refractivity contribution in [2.24, 2.45) is 0 Å². The fourth-order valence-corrected chi connectivity index (χ4v) is 3.64. The Bertz CT molecular complexity index is 391. The normalized spacial score (nSPS) is 19.3. The fourth-order valence-electron chi connectivity index (χ4n) is 2.45. The van der Waals surface area contributed by atoms with Crippen molar-refractivity contribution in [1.82, 2.24) is 14.1 Å². The largest absolute Gasteiger partial charge is 0.266 e. The average molecular weight is 312 g/mol. The van der Waals surface area contributed by atoms with E-state index in [4.69, 9.17) is 0 Å². The number of piperidine rings is 1. The molecule has 1 aliphatic carbocycles. The number of rotatable bonds is 3. The molecule has 0 aromatic carbocycles. The summed E-state index contributed by atoms with van der Waals surface area (Å²) in [5.41, 5.74) is 2.66. The van der Waals surface area contributed by atoms with Crippen LogP contribution in [0, 0.1) is 13.8 Å². The number of nitrogens with zero attached hydrogens (tertiary/aromatic N) is 3. The molecule has 0 radical (unpaired) electrons. The van der Waals surface area contributed by atoms with Gasteiger partial charge in [0.25, 0.3) is 0 Å². The van der Waals surface area contributed by atoms with Crippen LogP contribution in [0.3, 0.4) is 0 Å². The highest BCUT2D eigenvalue weighted by atomic mass is 32.2. The summed E-state index contributed by atoms with van der Waals surface area (Å²) in [7, 11) is 0. The summed E-state index contributed by atoms with van der Waals surface area (Å²) in [6, 6.07) is 0.625. The average Bonchev–Trinajstić information content (AvgIpc) is 3.30. The highest BCUT2D eigenvalue weighted by molar-refractivity contribution is 7.97. The monoisotopic (exact) mass is 311 g/mol. The predicted octanol–water partition coefficient (Wildman–Crippen LogP) is 5.00. The van der Waals surface area contributed by atoms with Gasteiger partial charge in [0.15, 0.2) is 0 Å². The Morgan fingerprint density at radius 1 is 1.00 bits per heavy atom. The van der Waals surface area contributed by atoms with Crippen LogP contribution in [0.2, 0.25) is 0 Å². The van der Waals surface area contributed by atoms with Gasteiger partial charge >= 0.3 is 0 Å². The van der Waals surface area contributed by atoms with E-state index in [0.717, 1.165) is 5.25 Å². The van der Waals surface area contributed by atoms with Crippen molar-refractivity contribution in [3.8, 4) is 0 Å². The molecule has 2 heterocycles. The van der Waals surface area contributed by atoms with Crippen molar-refractivity contribution in [2.45, 2.75) is 78.5 Å². The first-order valence-electron chi connectivity index (χ1n) is 8.66. The van der Waals surface area contributed by atoms with Crippen molar-refractivity contribution in [1.29, 1.82) is 0 Å². The zero-order valence-corrected chi connectivity index (χ0v) is 15.5. The highest BCUT2D eigenvalue weighted by Gasteiger charge is 2.29. The molecule has 0 atom stereocenters. The molecule has 0 N–H and O–H groups in total. The van der Waals surface area contributed by atoms with E-state index < -0.39 is 0 Å². The number of hydrogen-bond donors (Lipinski definition) is 0. The Balaban J connectivity index is 0.000000510. The van der Waals surface area contributed by atoms with Crippen LogP contribution in [0.5, 0.6) is 0 Å². The highest BCUT2D eigenvalue weighted by Crippen LogP contribution is 2.38. The third kappa shape index (κ3) is 5.33. The van der Waals surface area contributed by atoms with E-state index in [1.54, 1.807) is 0 Å². The second kappa shape index (κ2) is 9.52. The lowest BCUT2D eigenvalue weighted by Gasteiger charge is -2.31. The summed E-state index contributed by atoms with van der Waals surface area (Å²) < 4.78 is 4.81. The maximum Gasteiger partial charge on any atom is 0.0547 e. The van der Waals surface area contributed by atoms with Gasteiger partial charge < -0.3 is 0 Å². The standard InChI is InChI=1S/C13H21N3S.2C2H6/c1-10-9-14-16(11(10)2)12-5-7-15(8-6-12)17-13-3-4-13;2*1-2/h9,12-13H,3-8H2,1-2H3;2*1-2H3. The first-order valence-corrected chi connectivity index (χ1v) is 9.50. The first-order chi connectivity index (χ1) is 10.2. The molecule has 1 aliphatic heterocycles. The SMILES string of the molecule is CC.CC.Cc1cnn(C2CCN(SC3CC3)CC2)c1C. The van der Waals surface area contributed by atoms with E-state index in [0.29, 0.717) is 6.04 Å². The topological polar surface area (TPSA) is 21.1 Å². The van der Waals surface area contributed by atoms with Crippen molar-refractivity contribution in [2.75, 3.05) is 13.1 Å². The van der Waals surface area contributed by atoms with E-state index >= 15 is 0 Å². The second-order valence-electron chi connectivity index (χ2n) is 5.32. The van der Waals surface area contributed by atoms with Crippen molar-refractivity contribution in [3.63, 3.8) is 0 Å². The Kier molecular flexibility index (Phi) is 8.42. The van der Waals surface area contributed by atoms with Crippen LogP contribution < -0.4 is 0 Å². The molecule has 0 unspecified atom stereocenters. The van der Waals surface area contributed by atoms with E-state index in [9.17, 15) is 0 Å². The molecule has 3 rings (SSSR count). The lowest BCUT2D eigenvalue weighted by Crippen LogP contribution is -2.31. The molecule has 1 aromatic rings. The predicted molar refractivity (Wildman–Crippen MR) is 94.9 cm³/mol. The van der Waals surface area contributed by atoms with Crippen LogP contribution in [0.4, 0.5) is 0 Å². The molecule has 2 fully saturated rings. The molecule has 3 nitrogen and oxygen atoms in total. The molecular weight excluding hydrogens is 278 g/mol. The zero-order chi connectivity index (χ0) is 15.8. The smallest absolute Gasteiger partial charge is 0.0547 e. The molecular formula is C17H33N3S.